The minimum absolute atomic E-state index is 0.00953. The zero-order valence-corrected chi connectivity index (χ0v) is 14.1. The van der Waals surface area contributed by atoms with Crippen LogP contribution in [0.5, 0.6) is 0 Å². The smallest absolute Gasteiger partial charge is 0.356 e. The molecule has 134 valence electrons. The summed E-state index contributed by atoms with van der Waals surface area (Å²) in [6, 6.07) is 3.97. The number of rotatable bonds is 4. The van der Waals surface area contributed by atoms with Crippen molar-refractivity contribution in [3.63, 3.8) is 0 Å². The standard InChI is InChI=1S/C15H10ClFN4O5/c1-6-13(21(23)24)15(26-19-6)18-14(22)10-7(2)25-20-12(10)11-8(16)4-3-5-9(11)17/h3-5H,1-2H3,(H,18,22). The van der Waals surface area contributed by atoms with E-state index in [1.54, 1.807) is 0 Å². The van der Waals surface area contributed by atoms with E-state index in [0.29, 0.717) is 0 Å². The number of carbonyl (C=O) groups is 1. The number of aromatic nitrogens is 2. The lowest BCUT2D eigenvalue weighted by Crippen LogP contribution is -2.14. The quantitative estimate of drug-likeness (QED) is 0.537. The molecule has 9 nitrogen and oxygen atoms in total. The highest BCUT2D eigenvalue weighted by Crippen LogP contribution is 2.34. The van der Waals surface area contributed by atoms with E-state index >= 15 is 0 Å². The second-order valence-corrected chi connectivity index (χ2v) is 5.62. The van der Waals surface area contributed by atoms with Crippen LogP contribution in [0.1, 0.15) is 21.8 Å². The van der Waals surface area contributed by atoms with Gasteiger partial charge in [-0.3, -0.25) is 20.2 Å². The molecule has 0 saturated heterocycles. The van der Waals surface area contributed by atoms with Crippen molar-refractivity contribution in [2.24, 2.45) is 0 Å². The third kappa shape index (κ3) is 2.90. The lowest BCUT2D eigenvalue weighted by molar-refractivity contribution is -0.384. The molecule has 3 rings (SSSR count). The molecule has 0 atom stereocenters. The van der Waals surface area contributed by atoms with Crippen LogP contribution >= 0.6 is 11.6 Å². The highest BCUT2D eigenvalue weighted by atomic mass is 35.5. The van der Waals surface area contributed by atoms with Gasteiger partial charge in [-0.25, -0.2) is 4.39 Å². The molecule has 1 aromatic carbocycles. The maximum atomic E-state index is 14.2. The van der Waals surface area contributed by atoms with Gasteiger partial charge in [-0.05, 0) is 26.0 Å². The van der Waals surface area contributed by atoms with Gasteiger partial charge in [0.2, 0.25) is 0 Å². The number of aryl methyl sites for hydroxylation is 2. The first-order valence-corrected chi connectivity index (χ1v) is 7.51. The summed E-state index contributed by atoms with van der Waals surface area (Å²) in [6.07, 6.45) is 0. The van der Waals surface area contributed by atoms with Crippen LogP contribution in [0.4, 0.5) is 16.0 Å². The Kier molecular flexibility index (Phi) is 4.43. The van der Waals surface area contributed by atoms with Crippen molar-refractivity contribution in [1.29, 1.82) is 0 Å². The van der Waals surface area contributed by atoms with E-state index in [1.165, 1.54) is 26.0 Å². The molecule has 0 fully saturated rings. The summed E-state index contributed by atoms with van der Waals surface area (Å²) in [7, 11) is 0. The van der Waals surface area contributed by atoms with Crippen LogP contribution in [0.25, 0.3) is 11.3 Å². The Morgan fingerprint density at radius 2 is 2.04 bits per heavy atom. The molecule has 0 saturated carbocycles. The number of nitrogens with one attached hydrogen (secondary N) is 1. The first-order chi connectivity index (χ1) is 12.3. The van der Waals surface area contributed by atoms with Crippen LogP contribution < -0.4 is 5.32 Å². The largest absolute Gasteiger partial charge is 0.360 e. The molecule has 2 heterocycles. The van der Waals surface area contributed by atoms with Gasteiger partial charge in [0, 0.05) is 0 Å². The van der Waals surface area contributed by atoms with Gasteiger partial charge < -0.3 is 9.05 Å². The first-order valence-electron chi connectivity index (χ1n) is 7.14. The first kappa shape index (κ1) is 17.5. The average molecular weight is 381 g/mol. The van der Waals surface area contributed by atoms with Crippen LogP contribution in [-0.2, 0) is 0 Å². The third-order valence-corrected chi connectivity index (χ3v) is 3.85. The molecule has 0 aliphatic carbocycles. The maximum Gasteiger partial charge on any atom is 0.356 e. The van der Waals surface area contributed by atoms with Gasteiger partial charge in [-0.2, -0.15) is 0 Å². The summed E-state index contributed by atoms with van der Waals surface area (Å²) in [5.74, 6) is -1.95. The molecule has 3 aromatic rings. The fourth-order valence-corrected chi connectivity index (χ4v) is 2.61. The number of hydrogen-bond donors (Lipinski definition) is 1. The number of halogens is 2. The Morgan fingerprint density at radius 3 is 2.69 bits per heavy atom. The van der Waals surface area contributed by atoms with Crippen LogP contribution in [0.2, 0.25) is 5.02 Å². The number of carbonyl (C=O) groups excluding carboxylic acids is 1. The van der Waals surface area contributed by atoms with Crippen LogP contribution in [0.3, 0.4) is 0 Å². The van der Waals surface area contributed by atoms with E-state index < -0.39 is 28.2 Å². The Labute approximate surface area is 149 Å². The molecule has 0 radical (unpaired) electrons. The number of nitrogens with zero attached hydrogens (tertiary/aromatic N) is 3. The fraction of sp³-hybridized carbons (Fsp3) is 0.133. The van der Waals surface area contributed by atoms with Crippen molar-refractivity contribution in [3.8, 4) is 11.3 Å². The van der Waals surface area contributed by atoms with E-state index in [1.807, 2.05) is 0 Å². The molecular weight excluding hydrogens is 371 g/mol. The predicted molar refractivity (Wildman–Crippen MR) is 87.5 cm³/mol. The molecule has 0 spiro atoms. The summed E-state index contributed by atoms with van der Waals surface area (Å²) in [6.45, 7) is 2.78. The summed E-state index contributed by atoms with van der Waals surface area (Å²) in [4.78, 5) is 22.9. The molecule has 1 amide bonds. The van der Waals surface area contributed by atoms with Gasteiger partial charge in [0.15, 0.2) is 5.69 Å². The summed E-state index contributed by atoms with van der Waals surface area (Å²) in [5.41, 5.74) is -0.899. The molecular formula is C15H10ClFN4O5. The highest BCUT2D eigenvalue weighted by Gasteiger charge is 2.30. The second kappa shape index (κ2) is 6.56. The molecule has 11 heteroatoms. The van der Waals surface area contributed by atoms with Crippen molar-refractivity contribution in [2.45, 2.75) is 13.8 Å². The van der Waals surface area contributed by atoms with Gasteiger partial charge in [-0.1, -0.05) is 28.0 Å². The monoisotopic (exact) mass is 380 g/mol. The van der Waals surface area contributed by atoms with Crippen molar-refractivity contribution >= 4 is 29.1 Å². The number of anilines is 1. The minimum atomic E-state index is -0.850. The SMILES string of the molecule is Cc1noc(NC(=O)c2c(-c3c(F)cccc3Cl)noc2C)c1[N+](=O)[O-]. The molecule has 0 bridgehead atoms. The van der Waals surface area contributed by atoms with Gasteiger partial charge >= 0.3 is 11.6 Å². The third-order valence-electron chi connectivity index (χ3n) is 3.53. The van der Waals surface area contributed by atoms with Crippen molar-refractivity contribution < 1.29 is 23.2 Å². The number of hydrogen-bond acceptors (Lipinski definition) is 7. The molecule has 1 N–H and O–H groups in total. The summed E-state index contributed by atoms with van der Waals surface area (Å²) < 4.78 is 23.9. The van der Waals surface area contributed by atoms with E-state index in [9.17, 15) is 19.3 Å². The predicted octanol–water partition coefficient (Wildman–Crippen LogP) is 3.90. The second-order valence-electron chi connectivity index (χ2n) is 5.22. The van der Waals surface area contributed by atoms with Gasteiger partial charge in [0.25, 0.3) is 5.91 Å². The van der Waals surface area contributed by atoms with Crippen LogP contribution in [0.15, 0.2) is 27.2 Å². The number of nitro groups is 1. The highest BCUT2D eigenvalue weighted by molar-refractivity contribution is 6.33. The van der Waals surface area contributed by atoms with Crippen molar-refractivity contribution in [2.75, 3.05) is 5.32 Å². The van der Waals surface area contributed by atoms with Crippen LogP contribution in [0, 0.1) is 29.8 Å². The van der Waals surface area contributed by atoms with Crippen molar-refractivity contribution in [1.82, 2.24) is 10.3 Å². The van der Waals surface area contributed by atoms with E-state index in [0.717, 1.165) is 6.07 Å². The minimum Gasteiger partial charge on any atom is -0.360 e. The van der Waals surface area contributed by atoms with E-state index in [-0.39, 0.29) is 33.3 Å². The molecule has 0 aliphatic rings. The Balaban J connectivity index is 2.05. The average Bonchev–Trinajstić information content (AvgIpc) is 3.10. The summed E-state index contributed by atoms with van der Waals surface area (Å²) >= 11 is 6.01. The topological polar surface area (TPSA) is 124 Å². The molecule has 0 unspecified atom stereocenters. The molecule has 0 aliphatic heterocycles. The zero-order valence-electron chi connectivity index (χ0n) is 13.4. The fourth-order valence-electron chi connectivity index (χ4n) is 2.36. The lowest BCUT2D eigenvalue weighted by atomic mass is 10.0. The van der Waals surface area contributed by atoms with Gasteiger partial charge in [-0.15, -0.1) is 0 Å². The molecule has 26 heavy (non-hydrogen) atoms. The Morgan fingerprint density at radius 1 is 1.31 bits per heavy atom. The number of benzene rings is 1. The zero-order chi connectivity index (χ0) is 19.0. The van der Waals surface area contributed by atoms with Crippen molar-refractivity contribution in [3.05, 3.63) is 56.2 Å². The summed E-state index contributed by atoms with van der Waals surface area (Å²) in [5, 5.41) is 20.5. The number of amides is 1. The van der Waals surface area contributed by atoms with Crippen LogP contribution in [-0.4, -0.2) is 21.1 Å². The van der Waals surface area contributed by atoms with E-state index in [4.69, 9.17) is 20.6 Å². The Bertz CT molecular complexity index is 1010. The normalized spacial score (nSPS) is 10.8. The molecule has 2 aromatic heterocycles. The van der Waals surface area contributed by atoms with E-state index in [2.05, 4.69) is 15.6 Å². The maximum absolute atomic E-state index is 14.2. The Hall–Kier alpha value is -3.27. The lowest BCUT2D eigenvalue weighted by Gasteiger charge is -2.05. The van der Waals surface area contributed by atoms with Gasteiger partial charge in [0.05, 0.1) is 15.5 Å². The van der Waals surface area contributed by atoms with Gasteiger partial charge in [0.1, 0.15) is 22.8 Å².